The molecule has 2 N–H and O–H groups in total. The number of carboxylic acids is 1. The number of nitrogens with one attached hydrogen (secondary N) is 1. The number of morpholine rings is 1. The van der Waals surface area contributed by atoms with Gasteiger partial charge in [-0.05, 0) is 12.8 Å². The Morgan fingerprint density at radius 2 is 2.28 bits per heavy atom. The van der Waals surface area contributed by atoms with E-state index < -0.39 is 11.9 Å². The highest BCUT2D eigenvalue weighted by Gasteiger charge is 2.29. The van der Waals surface area contributed by atoms with Crippen molar-refractivity contribution in [3.63, 3.8) is 0 Å². The molecule has 6 heteroatoms. The van der Waals surface area contributed by atoms with Gasteiger partial charge in [0, 0.05) is 32.1 Å². The topological polar surface area (TPSA) is 78.9 Å². The van der Waals surface area contributed by atoms with Gasteiger partial charge < -0.3 is 20.1 Å². The van der Waals surface area contributed by atoms with Crippen molar-refractivity contribution in [1.29, 1.82) is 0 Å². The third-order valence-electron chi connectivity index (χ3n) is 3.54. The molecule has 0 bridgehead atoms. The van der Waals surface area contributed by atoms with Gasteiger partial charge in [0.1, 0.15) is 0 Å². The van der Waals surface area contributed by atoms with E-state index in [2.05, 4.69) is 5.32 Å². The number of carbonyl (C=O) groups excluding carboxylic acids is 1. The van der Waals surface area contributed by atoms with E-state index in [-0.39, 0.29) is 11.9 Å². The highest BCUT2D eigenvalue weighted by atomic mass is 16.5. The zero-order valence-electron chi connectivity index (χ0n) is 10.4. The zero-order chi connectivity index (χ0) is 13.0. The number of likely N-dealkylation sites (tertiary alicyclic amines) is 1. The average Bonchev–Trinajstić information content (AvgIpc) is 2.40. The lowest BCUT2D eigenvalue weighted by molar-refractivity contribution is -0.145. The number of aliphatic carboxylic acids is 1. The lowest BCUT2D eigenvalue weighted by Crippen LogP contribution is -2.47. The van der Waals surface area contributed by atoms with E-state index in [0.29, 0.717) is 39.1 Å². The van der Waals surface area contributed by atoms with Crippen molar-refractivity contribution in [2.75, 3.05) is 32.8 Å². The Balaban J connectivity index is 1.82. The first-order chi connectivity index (χ1) is 8.66. The van der Waals surface area contributed by atoms with Crippen LogP contribution in [0.1, 0.15) is 19.3 Å². The second-order valence-electron chi connectivity index (χ2n) is 4.95. The summed E-state index contributed by atoms with van der Waals surface area (Å²) >= 11 is 0. The second-order valence-corrected chi connectivity index (χ2v) is 4.95. The molecule has 0 aromatic heterocycles. The van der Waals surface area contributed by atoms with E-state index in [1.54, 1.807) is 4.90 Å². The molecule has 0 radical (unpaired) electrons. The van der Waals surface area contributed by atoms with Crippen LogP contribution in [0.2, 0.25) is 0 Å². The Morgan fingerprint density at radius 1 is 1.44 bits per heavy atom. The third kappa shape index (κ3) is 3.43. The van der Waals surface area contributed by atoms with E-state index >= 15 is 0 Å². The molecule has 2 heterocycles. The minimum absolute atomic E-state index is 0.0314. The van der Waals surface area contributed by atoms with Crippen LogP contribution in [-0.2, 0) is 14.3 Å². The lowest BCUT2D eigenvalue weighted by Gasteiger charge is -2.32. The SMILES string of the molecule is O=C(O)C1CCCN(C(=O)CC2COCCN2)C1. The van der Waals surface area contributed by atoms with Crippen LogP contribution >= 0.6 is 0 Å². The summed E-state index contributed by atoms with van der Waals surface area (Å²) in [7, 11) is 0. The minimum atomic E-state index is -0.799. The van der Waals surface area contributed by atoms with Crippen LogP contribution in [0.25, 0.3) is 0 Å². The van der Waals surface area contributed by atoms with E-state index in [0.717, 1.165) is 13.0 Å². The first kappa shape index (κ1) is 13.3. The van der Waals surface area contributed by atoms with Gasteiger partial charge in [0.2, 0.25) is 5.91 Å². The Hall–Kier alpha value is -1.14. The number of carboxylic acid groups (broad SMARTS) is 1. The maximum absolute atomic E-state index is 12.1. The maximum Gasteiger partial charge on any atom is 0.308 e. The Bertz CT molecular complexity index is 315. The number of rotatable bonds is 3. The molecule has 2 unspecified atom stereocenters. The quantitative estimate of drug-likeness (QED) is 0.724. The zero-order valence-corrected chi connectivity index (χ0v) is 10.4. The van der Waals surface area contributed by atoms with Crippen molar-refractivity contribution in [3.05, 3.63) is 0 Å². The van der Waals surface area contributed by atoms with Crippen molar-refractivity contribution in [3.8, 4) is 0 Å². The number of piperidine rings is 1. The monoisotopic (exact) mass is 256 g/mol. The third-order valence-corrected chi connectivity index (χ3v) is 3.54. The molecule has 1 amide bonds. The maximum atomic E-state index is 12.1. The molecule has 102 valence electrons. The molecule has 2 aliphatic heterocycles. The lowest BCUT2D eigenvalue weighted by atomic mass is 9.97. The molecule has 2 fully saturated rings. The van der Waals surface area contributed by atoms with Crippen molar-refractivity contribution >= 4 is 11.9 Å². The molecule has 0 aromatic carbocycles. The van der Waals surface area contributed by atoms with Gasteiger partial charge >= 0.3 is 5.97 Å². The number of ether oxygens (including phenoxy) is 1. The summed E-state index contributed by atoms with van der Waals surface area (Å²) in [5, 5.41) is 12.2. The van der Waals surface area contributed by atoms with Crippen molar-refractivity contribution in [1.82, 2.24) is 10.2 Å². The van der Waals surface area contributed by atoms with Crippen LogP contribution in [-0.4, -0.2) is 60.8 Å². The highest BCUT2D eigenvalue weighted by molar-refractivity contribution is 5.78. The summed E-state index contributed by atoms with van der Waals surface area (Å²) < 4.78 is 5.30. The van der Waals surface area contributed by atoms with Crippen LogP contribution in [0.3, 0.4) is 0 Å². The number of carbonyl (C=O) groups is 2. The summed E-state index contributed by atoms with van der Waals surface area (Å²) in [5.74, 6) is -1.17. The van der Waals surface area contributed by atoms with Gasteiger partial charge in [-0.2, -0.15) is 0 Å². The van der Waals surface area contributed by atoms with E-state index in [4.69, 9.17) is 9.84 Å². The molecular weight excluding hydrogens is 236 g/mol. The largest absolute Gasteiger partial charge is 0.481 e. The molecule has 2 saturated heterocycles. The first-order valence-electron chi connectivity index (χ1n) is 6.48. The van der Waals surface area contributed by atoms with Crippen LogP contribution in [0, 0.1) is 5.92 Å². The van der Waals surface area contributed by atoms with Crippen molar-refractivity contribution in [2.24, 2.45) is 5.92 Å². The molecule has 0 spiro atoms. The fourth-order valence-electron chi connectivity index (χ4n) is 2.50. The highest BCUT2D eigenvalue weighted by Crippen LogP contribution is 2.17. The molecule has 18 heavy (non-hydrogen) atoms. The number of hydrogen-bond acceptors (Lipinski definition) is 4. The van der Waals surface area contributed by atoms with Gasteiger partial charge in [0.05, 0.1) is 19.1 Å². The van der Waals surface area contributed by atoms with Crippen molar-refractivity contribution < 1.29 is 19.4 Å². The molecule has 2 aliphatic rings. The molecule has 0 saturated carbocycles. The Labute approximate surface area is 106 Å². The van der Waals surface area contributed by atoms with Crippen molar-refractivity contribution in [2.45, 2.75) is 25.3 Å². The summed E-state index contributed by atoms with van der Waals surface area (Å²) in [6.45, 7) is 3.05. The predicted octanol–water partition coefficient (Wildman–Crippen LogP) is -0.312. The smallest absolute Gasteiger partial charge is 0.308 e. The predicted molar refractivity (Wildman–Crippen MR) is 64.2 cm³/mol. The van der Waals surface area contributed by atoms with Crippen LogP contribution in [0.15, 0.2) is 0 Å². The van der Waals surface area contributed by atoms with Gasteiger partial charge in [0.25, 0.3) is 0 Å². The van der Waals surface area contributed by atoms with E-state index in [9.17, 15) is 9.59 Å². The normalized spacial score (nSPS) is 29.0. The molecule has 0 aliphatic carbocycles. The number of hydrogen-bond donors (Lipinski definition) is 2. The first-order valence-corrected chi connectivity index (χ1v) is 6.48. The summed E-state index contributed by atoms with van der Waals surface area (Å²) in [6, 6.07) is 0.0662. The summed E-state index contributed by atoms with van der Waals surface area (Å²) in [6.07, 6.45) is 1.84. The minimum Gasteiger partial charge on any atom is -0.481 e. The second kappa shape index (κ2) is 6.15. The Kier molecular flexibility index (Phi) is 4.54. The van der Waals surface area contributed by atoms with Gasteiger partial charge in [-0.1, -0.05) is 0 Å². The Morgan fingerprint density at radius 3 is 2.94 bits per heavy atom. The summed E-state index contributed by atoms with van der Waals surface area (Å²) in [4.78, 5) is 24.7. The van der Waals surface area contributed by atoms with Crippen LogP contribution < -0.4 is 5.32 Å². The van der Waals surface area contributed by atoms with Gasteiger partial charge in [-0.15, -0.1) is 0 Å². The number of nitrogens with zero attached hydrogens (tertiary/aromatic N) is 1. The van der Waals surface area contributed by atoms with Gasteiger partial charge in [-0.3, -0.25) is 9.59 Å². The number of amides is 1. The fourth-order valence-corrected chi connectivity index (χ4v) is 2.50. The van der Waals surface area contributed by atoms with Crippen LogP contribution in [0.5, 0.6) is 0 Å². The van der Waals surface area contributed by atoms with E-state index in [1.807, 2.05) is 0 Å². The molecule has 2 rings (SSSR count). The molecular formula is C12H20N2O4. The van der Waals surface area contributed by atoms with E-state index in [1.165, 1.54) is 0 Å². The van der Waals surface area contributed by atoms with Gasteiger partial charge in [0.15, 0.2) is 0 Å². The fraction of sp³-hybridized carbons (Fsp3) is 0.833. The standard InChI is InChI=1S/C12H20N2O4/c15-11(6-10-8-18-5-3-13-10)14-4-1-2-9(7-14)12(16)17/h9-10,13H,1-8H2,(H,16,17). The van der Waals surface area contributed by atoms with Gasteiger partial charge in [-0.25, -0.2) is 0 Å². The average molecular weight is 256 g/mol. The molecule has 0 aromatic rings. The molecule has 6 nitrogen and oxygen atoms in total. The molecule has 2 atom stereocenters. The van der Waals surface area contributed by atoms with Crippen LogP contribution in [0.4, 0.5) is 0 Å². The summed E-state index contributed by atoms with van der Waals surface area (Å²) in [5.41, 5.74) is 0.